The van der Waals surface area contributed by atoms with Crippen LogP contribution in [0, 0.1) is 0 Å². The van der Waals surface area contributed by atoms with Gasteiger partial charge in [-0.2, -0.15) is 0 Å². The molecular weight excluding hydrogens is 392 g/mol. The third kappa shape index (κ3) is 3.46. The third-order valence-electron chi connectivity index (χ3n) is 4.22. The molecular formula is C18H15ClN2O5S. The van der Waals surface area contributed by atoms with Crippen LogP contribution >= 0.6 is 11.6 Å². The Hall–Kier alpha value is -2.68. The van der Waals surface area contributed by atoms with Crippen molar-refractivity contribution < 1.29 is 23.1 Å². The number of rotatable bonds is 4. The molecule has 3 N–H and O–H groups in total. The topological polar surface area (TPSA) is 118 Å². The highest BCUT2D eigenvalue weighted by molar-refractivity contribution is 7.89. The van der Waals surface area contributed by atoms with Crippen LogP contribution in [0.1, 0.15) is 18.5 Å². The minimum atomic E-state index is -3.89. The van der Waals surface area contributed by atoms with E-state index in [9.17, 15) is 23.1 Å². The van der Waals surface area contributed by atoms with E-state index in [0.29, 0.717) is 16.3 Å². The van der Waals surface area contributed by atoms with Crippen LogP contribution < -0.4 is 10.0 Å². The Kier molecular flexibility index (Phi) is 4.81. The van der Waals surface area contributed by atoms with Crippen molar-refractivity contribution >= 4 is 39.0 Å². The van der Waals surface area contributed by atoms with Crippen molar-refractivity contribution in [3.63, 3.8) is 0 Å². The van der Waals surface area contributed by atoms with E-state index in [1.807, 2.05) is 0 Å². The number of primary sulfonamides is 1. The molecule has 140 valence electrons. The van der Waals surface area contributed by atoms with Crippen molar-refractivity contribution in [2.45, 2.75) is 17.9 Å². The summed E-state index contributed by atoms with van der Waals surface area (Å²) in [5.74, 6) is -1.86. The number of ketones is 1. The first-order valence-corrected chi connectivity index (χ1v) is 9.69. The molecule has 0 aromatic heterocycles. The Labute approximate surface area is 160 Å². The first-order valence-electron chi connectivity index (χ1n) is 7.77. The molecule has 1 atom stereocenters. The van der Waals surface area contributed by atoms with Crippen LogP contribution in [0.4, 0.5) is 5.69 Å². The summed E-state index contributed by atoms with van der Waals surface area (Å²) >= 11 is 5.91. The predicted octanol–water partition coefficient (Wildman–Crippen LogP) is 2.48. The molecule has 0 fully saturated rings. The van der Waals surface area contributed by atoms with Crippen LogP contribution in [0.25, 0.3) is 0 Å². The molecule has 1 aliphatic rings. The SMILES string of the molecule is CC(=O)C1=C(O)C(=O)N(c2ccc(S(N)(=O)=O)cc2)C1c1ccc(Cl)cc1. The van der Waals surface area contributed by atoms with E-state index in [1.165, 1.54) is 36.1 Å². The lowest BCUT2D eigenvalue weighted by molar-refractivity contribution is -0.117. The van der Waals surface area contributed by atoms with E-state index in [-0.39, 0.29) is 10.5 Å². The zero-order chi connectivity index (χ0) is 19.9. The van der Waals surface area contributed by atoms with E-state index in [1.54, 1.807) is 24.3 Å². The fraction of sp³-hybridized carbons (Fsp3) is 0.111. The van der Waals surface area contributed by atoms with Crippen LogP contribution in [-0.4, -0.2) is 25.2 Å². The highest BCUT2D eigenvalue weighted by Crippen LogP contribution is 2.41. The van der Waals surface area contributed by atoms with Crippen molar-refractivity contribution in [2.24, 2.45) is 5.14 Å². The monoisotopic (exact) mass is 406 g/mol. The molecule has 1 amide bonds. The number of anilines is 1. The van der Waals surface area contributed by atoms with Gasteiger partial charge in [-0.25, -0.2) is 13.6 Å². The number of nitrogens with zero attached hydrogens (tertiary/aromatic N) is 1. The van der Waals surface area contributed by atoms with Gasteiger partial charge in [-0.05, 0) is 48.9 Å². The summed E-state index contributed by atoms with van der Waals surface area (Å²) in [5.41, 5.74) is 0.825. The molecule has 0 radical (unpaired) electrons. The summed E-state index contributed by atoms with van der Waals surface area (Å²) in [5, 5.41) is 15.8. The van der Waals surface area contributed by atoms with Gasteiger partial charge in [0.05, 0.1) is 16.5 Å². The number of aliphatic hydroxyl groups is 1. The average molecular weight is 407 g/mol. The Bertz CT molecular complexity index is 1060. The van der Waals surface area contributed by atoms with Gasteiger partial charge in [0.2, 0.25) is 10.0 Å². The van der Waals surface area contributed by atoms with Crippen LogP contribution in [0.3, 0.4) is 0 Å². The van der Waals surface area contributed by atoms with Gasteiger partial charge in [0.1, 0.15) is 0 Å². The van der Waals surface area contributed by atoms with Crippen LogP contribution in [0.15, 0.2) is 64.8 Å². The molecule has 0 bridgehead atoms. The number of nitrogens with two attached hydrogens (primary N) is 1. The minimum Gasteiger partial charge on any atom is -0.503 e. The second-order valence-corrected chi connectivity index (χ2v) is 7.98. The fourth-order valence-corrected chi connectivity index (χ4v) is 3.63. The summed E-state index contributed by atoms with van der Waals surface area (Å²) in [4.78, 5) is 25.9. The molecule has 1 heterocycles. The smallest absolute Gasteiger partial charge is 0.294 e. The normalized spacial score (nSPS) is 17.5. The highest BCUT2D eigenvalue weighted by atomic mass is 35.5. The van der Waals surface area contributed by atoms with Crippen LogP contribution in [0.2, 0.25) is 5.02 Å². The van der Waals surface area contributed by atoms with Crippen molar-refractivity contribution in [2.75, 3.05) is 4.90 Å². The zero-order valence-corrected chi connectivity index (χ0v) is 15.7. The molecule has 1 aliphatic heterocycles. The lowest BCUT2D eigenvalue weighted by Crippen LogP contribution is -2.30. The predicted molar refractivity (Wildman–Crippen MR) is 99.8 cm³/mol. The number of sulfonamides is 1. The number of amides is 1. The number of aliphatic hydroxyl groups excluding tert-OH is 1. The quantitative estimate of drug-likeness (QED) is 0.808. The van der Waals surface area contributed by atoms with Crippen LogP contribution in [-0.2, 0) is 19.6 Å². The molecule has 0 aliphatic carbocycles. The van der Waals surface area contributed by atoms with E-state index >= 15 is 0 Å². The maximum atomic E-state index is 12.6. The van der Waals surface area contributed by atoms with E-state index < -0.39 is 33.5 Å². The van der Waals surface area contributed by atoms with E-state index in [2.05, 4.69) is 0 Å². The van der Waals surface area contributed by atoms with Crippen molar-refractivity contribution in [3.05, 3.63) is 70.4 Å². The molecule has 2 aromatic rings. The molecule has 0 saturated heterocycles. The largest absolute Gasteiger partial charge is 0.503 e. The van der Waals surface area contributed by atoms with Gasteiger partial charge in [0.25, 0.3) is 5.91 Å². The lowest BCUT2D eigenvalue weighted by atomic mass is 9.96. The van der Waals surface area contributed by atoms with Crippen molar-refractivity contribution in [1.29, 1.82) is 0 Å². The molecule has 27 heavy (non-hydrogen) atoms. The number of carbonyl (C=O) groups excluding carboxylic acids is 2. The number of hydrogen-bond acceptors (Lipinski definition) is 5. The molecule has 9 heteroatoms. The van der Waals surface area contributed by atoms with E-state index in [0.717, 1.165) is 0 Å². The van der Waals surface area contributed by atoms with Gasteiger partial charge in [-0.15, -0.1) is 0 Å². The molecule has 7 nitrogen and oxygen atoms in total. The lowest BCUT2D eigenvalue weighted by Gasteiger charge is -2.26. The average Bonchev–Trinajstić information content (AvgIpc) is 2.86. The Morgan fingerprint density at radius 1 is 1.11 bits per heavy atom. The Morgan fingerprint density at radius 3 is 2.15 bits per heavy atom. The van der Waals surface area contributed by atoms with Gasteiger partial charge < -0.3 is 5.11 Å². The second kappa shape index (κ2) is 6.80. The molecule has 3 rings (SSSR count). The van der Waals surface area contributed by atoms with Gasteiger partial charge in [0, 0.05) is 10.7 Å². The first-order chi connectivity index (χ1) is 12.6. The molecule has 1 unspecified atom stereocenters. The minimum absolute atomic E-state index is 0.0437. The number of Topliss-reactive ketones (excluding diaryl/α,β-unsaturated/α-hetero) is 1. The van der Waals surface area contributed by atoms with Gasteiger partial charge in [-0.1, -0.05) is 23.7 Å². The van der Waals surface area contributed by atoms with Gasteiger partial charge in [-0.3, -0.25) is 14.5 Å². The van der Waals surface area contributed by atoms with Gasteiger partial charge >= 0.3 is 0 Å². The maximum absolute atomic E-state index is 12.6. The standard InChI is InChI=1S/C18H15ClN2O5S/c1-10(22)15-16(11-2-4-12(19)5-3-11)21(18(24)17(15)23)13-6-8-14(9-7-13)27(20,25)26/h2-9,16,23H,1H3,(H2,20,25,26). The highest BCUT2D eigenvalue weighted by Gasteiger charge is 2.43. The third-order valence-corrected chi connectivity index (χ3v) is 5.40. The van der Waals surface area contributed by atoms with Crippen LogP contribution in [0.5, 0.6) is 0 Å². The zero-order valence-electron chi connectivity index (χ0n) is 14.1. The molecule has 2 aromatic carbocycles. The van der Waals surface area contributed by atoms with E-state index in [4.69, 9.17) is 16.7 Å². The number of hydrogen-bond donors (Lipinski definition) is 2. The second-order valence-electron chi connectivity index (χ2n) is 5.99. The summed E-state index contributed by atoms with van der Waals surface area (Å²) in [6.45, 7) is 1.26. The summed E-state index contributed by atoms with van der Waals surface area (Å²) < 4.78 is 22.9. The van der Waals surface area contributed by atoms with Gasteiger partial charge in [0.15, 0.2) is 11.5 Å². The number of benzene rings is 2. The molecule has 0 saturated carbocycles. The van der Waals surface area contributed by atoms with Crippen molar-refractivity contribution in [1.82, 2.24) is 0 Å². The number of halogens is 1. The Balaban J connectivity index is 2.14. The number of carbonyl (C=O) groups is 2. The molecule has 0 spiro atoms. The summed E-state index contributed by atoms with van der Waals surface area (Å²) in [6.07, 6.45) is 0. The Morgan fingerprint density at radius 2 is 1.67 bits per heavy atom. The maximum Gasteiger partial charge on any atom is 0.294 e. The van der Waals surface area contributed by atoms with Crippen molar-refractivity contribution in [3.8, 4) is 0 Å². The first kappa shape index (κ1) is 19.1. The fourth-order valence-electron chi connectivity index (χ4n) is 2.99. The summed E-state index contributed by atoms with van der Waals surface area (Å²) in [7, 11) is -3.89. The summed E-state index contributed by atoms with van der Waals surface area (Å²) in [6, 6.07) is 10.9.